The van der Waals surface area contributed by atoms with E-state index >= 15 is 0 Å². The summed E-state index contributed by atoms with van der Waals surface area (Å²) in [6, 6.07) is 27.5. The Morgan fingerprint density at radius 3 is 2.51 bits per heavy atom. The third kappa shape index (κ3) is 8.51. The number of hydrogen-bond acceptors (Lipinski definition) is 9. The number of nitrogens with zero attached hydrogens (tertiary/aromatic N) is 4. The average Bonchev–Trinajstić information content (AvgIpc) is 3.52. The van der Waals surface area contributed by atoms with Crippen molar-refractivity contribution < 1.29 is 28.8 Å². The Labute approximate surface area is 292 Å². The van der Waals surface area contributed by atoms with Gasteiger partial charge in [-0.1, -0.05) is 63.5 Å². The quantitative estimate of drug-likeness (QED) is 0.0389. The summed E-state index contributed by atoms with van der Waals surface area (Å²) >= 11 is 3.50. The molecule has 4 aromatic rings. The molecule has 5 rings (SSSR count). The van der Waals surface area contributed by atoms with Crippen molar-refractivity contribution in [3.8, 4) is 17.2 Å². The van der Waals surface area contributed by atoms with Crippen molar-refractivity contribution in [2.24, 2.45) is 10.1 Å². The maximum absolute atomic E-state index is 14.5. The molecule has 0 saturated heterocycles. The number of hydrazine groups is 1. The van der Waals surface area contributed by atoms with Crippen molar-refractivity contribution in [3.63, 3.8) is 0 Å². The van der Waals surface area contributed by atoms with E-state index < -0.39 is 17.6 Å². The monoisotopic (exact) mass is 728 g/mol. The molecule has 4 aromatic carbocycles. The summed E-state index contributed by atoms with van der Waals surface area (Å²) < 4.78 is 23.9. The van der Waals surface area contributed by atoms with E-state index in [0.29, 0.717) is 60.1 Å². The van der Waals surface area contributed by atoms with Crippen LogP contribution in [0.1, 0.15) is 34.8 Å². The van der Waals surface area contributed by atoms with Crippen molar-refractivity contribution in [2.45, 2.75) is 30.9 Å². The van der Waals surface area contributed by atoms with Crippen molar-refractivity contribution in [1.82, 2.24) is 10.9 Å². The maximum Gasteiger partial charge on any atom is 0.266 e. The van der Waals surface area contributed by atoms with Crippen LogP contribution in [0.2, 0.25) is 0 Å². The molecule has 0 bridgehead atoms. The van der Waals surface area contributed by atoms with Gasteiger partial charge in [0.25, 0.3) is 5.91 Å². The molecule has 1 aliphatic heterocycles. The smallest absolute Gasteiger partial charge is 0.266 e. The summed E-state index contributed by atoms with van der Waals surface area (Å²) in [7, 11) is 3.17. The van der Waals surface area contributed by atoms with Crippen LogP contribution in [0.25, 0.3) is 10.4 Å². The van der Waals surface area contributed by atoms with E-state index in [1.54, 1.807) is 38.5 Å². The summed E-state index contributed by atoms with van der Waals surface area (Å²) in [5.41, 5.74) is 17.1. The van der Waals surface area contributed by atoms with Gasteiger partial charge in [0, 0.05) is 46.6 Å². The molecule has 0 radical (unpaired) electrons. The number of hydrogen-bond donors (Lipinski definition) is 3. The van der Waals surface area contributed by atoms with Crippen LogP contribution in [0.5, 0.6) is 17.2 Å². The van der Waals surface area contributed by atoms with Gasteiger partial charge in [-0.2, -0.15) is 0 Å². The predicted octanol–water partition coefficient (Wildman–Crippen LogP) is 6.53. The van der Waals surface area contributed by atoms with Gasteiger partial charge < -0.3 is 24.1 Å². The molecular weight excluding hydrogens is 692 g/mol. The number of aliphatic imine (C=N–C) groups is 1. The van der Waals surface area contributed by atoms with Gasteiger partial charge in [0.15, 0.2) is 23.1 Å². The van der Waals surface area contributed by atoms with E-state index in [0.717, 1.165) is 15.6 Å². The minimum absolute atomic E-state index is 0.0399. The van der Waals surface area contributed by atoms with Gasteiger partial charge >= 0.3 is 0 Å². The molecule has 0 fully saturated rings. The van der Waals surface area contributed by atoms with E-state index in [9.17, 15) is 10.3 Å². The number of benzene rings is 4. The molecule has 1 amide bonds. The number of carbonyl (C=O) groups is 1. The molecular formula is C36H37BrN6O6. The average molecular weight is 730 g/mol. The Balaban J connectivity index is 1.49. The first-order valence-electron chi connectivity index (χ1n) is 15.6. The molecule has 13 heteroatoms. The van der Waals surface area contributed by atoms with Crippen LogP contribution in [-0.4, -0.2) is 56.4 Å². The number of aliphatic hydroxyl groups is 1. The van der Waals surface area contributed by atoms with E-state index in [1.807, 2.05) is 66.7 Å². The Hall–Kier alpha value is -5.07. The molecule has 0 unspecified atom stereocenters. The van der Waals surface area contributed by atoms with Gasteiger partial charge in [-0.25, -0.2) is 10.4 Å². The number of amides is 1. The first-order valence-corrected chi connectivity index (χ1v) is 16.4. The van der Waals surface area contributed by atoms with Crippen LogP contribution in [0, 0.1) is 0 Å². The molecule has 3 N–H and O–H groups in total. The standard InChI is InChI=1S/C36H37BrN6O6/c1-46-31-17-8-24(22-32(31)47-2)18-19-39-42-35(45)36(23-27-6-3-4-7-30(27)41-43-38)33(25-9-13-28(37)14-10-25)49-34(40-36)26-11-15-29(16-12-26)48-21-5-20-44/h3-4,6-17,22,33,39,44H,5,18-21,23H2,1-2H3,(H,42,45)/t33-,36-/m0/s1. The fourth-order valence-corrected chi connectivity index (χ4v) is 5.77. The highest BCUT2D eigenvalue weighted by Crippen LogP contribution is 2.44. The topological polar surface area (TPSA) is 159 Å². The SMILES string of the molecule is COc1ccc(CCNNC(=O)[C@@]2(Cc3ccccc3N=[N+]=[N-])N=C(c3ccc(OCCCO)cc3)O[C@H]2c2ccc(Br)cc2)cc1OC. The highest BCUT2D eigenvalue weighted by Gasteiger charge is 2.53. The van der Waals surface area contributed by atoms with Crippen LogP contribution >= 0.6 is 15.9 Å². The molecule has 12 nitrogen and oxygen atoms in total. The van der Waals surface area contributed by atoms with Crippen molar-refractivity contribution in [3.05, 3.63) is 128 Å². The van der Waals surface area contributed by atoms with E-state index in [-0.39, 0.29) is 18.9 Å². The predicted molar refractivity (Wildman–Crippen MR) is 189 cm³/mol. The van der Waals surface area contributed by atoms with Crippen molar-refractivity contribution in [1.29, 1.82) is 0 Å². The largest absolute Gasteiger partial charge is 0.494 e. The lowest BCUT2D eigenvalue weighted by Crippen LogP contribution is -2.54. The van der Waals surface area contributed by atoms with Crippen molar-refractivity contribution in [2.75, 3.05) is 34.0 Å². The van der Waals surface area contributed by atoms with Gasteiger partial charge in [0.2, 0.25) is 5.90 Å². The third-order valence-corrected chi connectivity index (χ3v) is 8.52. The highest BCUT2D eigenvalue weighted by atomic mass is 79.9. The maximum atomic E-state index is 14.5. The molecule has 254 valence electrons. The first kappa shape index (κ1) is 35.2. The van der Waals surface area contributed by atoms with Gasteiger partial charge in [0.1, 0.15) is 5.75 Å². The van der Waals surface area contributed by atoms with Crippen LogP contribution in [0.15, 0.2) is 106 Å². The molecule has 0 saturated carbocycles. The third-order valence-electron chi connectivity index (χ3n) is 8.00. The van der Waals surface area contributed by atoms with Gasteiger partial charge in [0.05, 0.1) is 20.8 Å². The molecule has 0 aromatic heterocycles. The number of carbonyl (C=O) groups excluding carboxylic acids is 1. The van der Waals surface area contributed by atoms with E-state index in [4.69, 9.17) is 29.0 Å². The second kappa shape index (κ2) is 16.8. The minimum atomic E-state index is -1.52. The Kier molecular flexibility index (Phi) is 12.1. The Bertz CT molecular complexity index is 1810. The van der Waals surface area contributed by atoms with Gasteiger partial charge in [-0.3, -0.25) is 10.2 Å². The highest BCUT2D eigenvalue weighted by molar-refractivity contribution is 9.10. The molecule has 49 heavy (non-hydrogen) atoms. The number of nitrogens with one attached hydrogen (secondary N) is 2. The number of aliphatic hydroxyl groups excluding tert-OH is 1. The fraction of sp³-hybridized carbons (Fsp3) is 0.278. The molecule has 0 aliphatic carbocycles. The van der Waals surface area contributed by atoms with Crippen LogP contribution in [-0.2, 0) is 22.4 Å². The zero-order valence-electron chi connectivity index (χ0n) is 27.1. The van der Waals surface area contributed by atoms with Gasteiger partial charge in [-0.05, 0) is 77.2 Å². The summed E-state index contributed by atoms with van der Waals surface area (Å²) in [6.07, 6.45) is 0.325. The normalized spacial score (nSPS) is 16.6. The molecule has 2 atom stereocenters. The zero-order valence-corrected chi connectivity index (χ0v) is 28.7. The number of rotatable bonds is 16. The lowest BCUT2D eigenvalue weighted by molar-refractivity contribution is -0.130. The van der Waals surface area contributed by atoms with Gasteiger partial charge in [-0.15, -0.1) is 0 Å². The lowest BCUT2D eigenvalue weighted by atomic mass is 9.81. The summed E-state index contributed by atoms with van der Waals surface area (Å²) in [5, 5.41) is 13.0. The van der Waals surface area contributed by atoms with Crippen LogP contribution in [0.4, 0.5) is 5.69 Å². The van der Waals surface area contributed by atoms with Crippen molar-refractivity contribution >= 4 is 33.4 Å². The zero-order chi connectivity index (χ0) is 34.6. The number of ether oxygens (including phenoxy) is 4. The second-order valence-electron chi connectivity index (χ2n) is 11.2. The Morgan fingerprint density at radius 1 is 1.04 bits per heavy atom. The number of methoxy groups -OCH3 is 2. The lowest BCUT2D eigenvalue weighted by Gasteiger charge is -2.31. The molecule has 1 aliphatic rings. The summed E-state index contributed by atoms with van der Waals surface area (Å²) in [4.78, 5) is 22.6. The first-order chi connectivity index (χ1) is 23.9. The number of halogens is 1. The minimum Gasteiger partial charge on any atom is -0.494 e. The van der Waals surface area contributed by atoms with Crippen LogP contribution in [0.3, 0.4) is 0 Å². The molecule has 0 spiro atoms. The summed E-state index contributed by atoms with van der Waals surface area (Å²) in [6.45, 7) is 0.828. The van der Waals surface area contributed by atoms with Crippen LogP contribution < -0.4 is 25.1 Å². The Morgan fingerprint density at radius 2 is 1.80 bits per heavy atom. The number of azide groups is 1. The second-order valence-corrected chi connectivity index (χ2v) is 12.1. The van der Waals surface area contributed by atoms with E-state index in [1.165, 1.54) is 0 Å². The summed E-state index contributed by atoms with van der Waals surface area (Å²) in [5.74, 6) is 1.73. The molecule has 1 heterocycles. The van der Waals surface area contributed by atoms with E-state index in [2.05, 4.69) is 36.8 Å². The fourth-order valence-electron chi connectivity index (χ4n) is 5.51.